The van der Waals surface area contributed by atoms with Crippen LogP contribution in [0.5, 0.6) is 17.2 Å². The van der Waals surface area contributed by atoms with Crippen LogP contribution in [0.15, 0.2) is 12.1 Å². The van der Waals surface area contributed by atoms with Gasteiger partial charge in [-0.3, -0.25) is 19.3 Å². The van der Waals surface area contributed by atoms with E-state index in [0.29, 0.717) is 62.9 Å². The molecule has 4 rings (SSSR count). The highest BCUT2D eigenvalue weighted by Crippen LogP contribution is 2.47. The number of hydrogen-bond acceptors (Lipinski definition) is 8. The molecule has 11 nitrogen and oxygen atoms in total. The van der Waals surface area contributed by atoms with Crippen molar-refractivity contribution < 1.29 is 33.7 Å². The second kappa shape index (κ2) is 12.6. The molecule has 1 aromatic rings. The minimum absolute atomic E-state index is 0.0599. The summed E-state index contributed by atoms with van der Waals surface area (Å²) in [6.07, 6.45) is 3.05. The lowest BCUT2D eigenvalue weighted by Gasteiger charge is -2.31. The molecular weight excluding hydrogens is 516 g/mol. The number of carbonyl (C=O) groups excluding carboxylic acids is 2. The summed E-state index contributed by atoms with van der Waals surface area (Å²) in [7, 11) is 1.54. The Morgan fingerprint density at radius 3 is 2.65 bits per heavy atom. The van der Waals surface area contributed by atoms with Crippen LogP contribution in [0.1, 0.15) is 57.9 Å². The molecule has 1 aromatic carbocycles. The molecule has 3 atom stereocenters. The van der Waals surface area contributed by atoms with Crippen molar-refractivity contribution >= 4 is 17.8 Å². The number of likely N-dealkylation sites (tertiary alicyclic amines) is 2. The first-order valence-corrected chi connectivity index (χ1v) is 14.3. The lowest BCUT2D eigenvalue weighted by atomic mass is 9.84. The number of benzene rings is 1. The number of unbranched alkanes of at least 4 members (excludes halogenated alkanes) is 1. The molecule has 0 bridgehead atoms. The third-order valence-electron chi connectivity index (χ3n) is 8.58. The maximum absolute atomic E-state index is 13.5. The Bertz CT molecular complexity index is 1090. The van der Waals surface area contributed by atoms with Crippen molar-refractivity contribution in [2.45, 2.75) is 58.4 Å². The number of methoxy groups -OCH3 is 1. The summed E-state index contributed by atoms with van der Waals surface area (Å²) in [6.45, 7) is 9.04. The standard InChI is InChI=1S/C29H44N4O7/c1-5-6-10-31(13-9-30)24(34)17-33-16-20(19-14-22(38-4)26-23(15-19)39-18-40-26)25(27(35)36)21(33)7-11-32-12-8-29(2,3)28(32)37/h14-15,20-21,25H,5-13,16-18,30H2,1-4H3,(H,35,36). The van der Waals surface area contributed by atoms with Gasteiger partial charge in [0.15, 0.2) is 11.5 Å². The number of rotatable bonds is 13. The van der Waals surface area contributed by atoms with Crippen molar-refractivity contribution in [2.75, 3.05) is 59.7 Å². The fourth-order valence-electron chi connectivity index (χ4n) is 6.25. The number of carbonyl (C=O) groups is 3. The van der Waals surface area contributed by atoms with Crippen LogP contribution in [0, 0.1) is 11.3 Å². The van der Waals surface area contributed by atoms with E-state index in [9.17, 15) is 19.5 Å². The molecule has 0 spiro atoms. The summed E-state index contributed by atoms with van der Waals surface area (Å²) < 4.78 is 16.7. The topological polar surface area (TPSA) is 135 Å². The Balaban J connectivity index is 1.63. The first-order chi connectivity index (χ1) is 19.1. The van der Waals surface area contributed by atoms with Crippen molar-refractivity contribution in [3.8, 4) is 17.2 Å². The zero-order valence-corrected chi connectivity index (χ0v) is 24.2. The third-order valence-corrected chi connectivity index (χ3v) is 8.58. The van der Waals surface area contributed by atoms with Crippen LogP contribution in [0.3, 0.4) is 0 Å². The average molecular weight is 561 g/mol. The van der Waals surface area contributed by atoms with Crippen LogP contribution in [0.4, 0.5) is 0 Å². The lowest BCUT2D eigenvalue weighted by molar-refractivity contribution is -0.144. The molecule has 40 heavy (non-hydrogen) atoms. The van der Waals surface area contributed by atoms with Crippen molar-refractivity contribution in [2.24, 2.45) is 17.1 Å². The zero-order valence-electron chi connectivity index (χ0n) is 24.2. The minimum atomic E-state index is -0.931. The van der Waals surface area contributed by atoms with Gasteiger partial charge >= 0.3 is 5.97 Å². The molecule has 0 aliphatic carbocycles. The van der Waals surface area contributed by atoms with E-state index in [1.165, 1.54) is 7.11 Å². The molecule has 3 aliphatic rings. The van der Waals surface area contributed by atoms with Crippen LogP contribution in [0.2, 0.25) is 0 Å². The maximum atomic E-state index is 13.5. The molecule has 2 fully saturated rings. The van der Waals surface area contributed by atoms with E-state index in [0.717, 1.165) is 24.8 Å². The molecule has 222 valence electrons. The smallest absolute Gasteiger partial charge is 0.308 e. The fourth-order valence-corrected chi connectivity index (χ4v) is 6.25. The van der Waals surface area contributed by atoms with Crippen LogP contribution in [-0.4, -0.2) is 103 Å². The molecule has 11 heteroatoms. The summed E-state index contributed by atoms with van der Waals surface area (Å²) in [5.74, 6) is -0.601. The Labute approximate surface area is 236 Å². The van der Waals surface area contributed by atoms with Crippen molar-refractivity contribution in [1.29, 1.82) is 0 Å². The second-order valence-electron chi connectivity index (χ2n) is 11.7. The minimum Gasteiger partial charge on any atom is -0.493 e. The van der Waals surface area contributed by atoms with Gasteiger partial charge < -0.3 is 34.9 Å². The zero-order chi connectivity index (χ0) is 29.0. The van der Waals surface area contributed by atoms with E-state index >= 15 is 0 Å². The summed E-state index contributed by atoms with van der Waals surface area (Å²) in [6, 6.07) is 3.19. The van der Waals surface area contributed by atoms with Gasteiger partial charge in [-0.25, -0.2) is 0 Å². The van der Waals surface area contributed by atoms with E-state index in [1.54, 1.807) is 4.90 Å². The predicted molar refractivity (Wildman–Crippen MR) is 148 cm³/mol. The molecule has 0 aromatic heterocycles. The van der Waals surface area contributed by atoms with Gasteiger partial charge in [0.1, 0.15) is 0 Å². The summed E-state index contributed by atoms with van der Waals surface area (Å²) in [5, 5.41) is 10.5. The Morgan fingerprint density at radius 1 is 1.25 bits per heavy atom. The summed E-state index contributed by atoms with van der Waals surface area (Å²) in [5.41, 5.74) is 6.15. The van der Waals surface area contributed by atoms with Crippen LogP contribution < -0.4 is 19.9 Å². The van der Waals surface area contributed by atoms with E-state index in [4.69, 9.17) is 19.9 Å². The number of aliphatic carboxylic acids is 1. The van der Waals surface area contributed by atoms with Gasteiger partial charge in [-0.1, -0.05) is 27.2 Å². The van der Waals surface area contributed by atoms with Crippen molar-refractivity contribution in [3.63, 3.8) is 0 Å². The highest BCUT2D eigenvalue weighted by atomic mass is 16.7. The molecule has 0 saturated carbocycles. The second-order valence-corrected chi connectivity index (χ2v) is 11.7. The van der Waals surface area contributed by atoms with Gasteiger partial charge in [0, 0.05) is 56.6 Å². The largest absolute Gasteiger partial charge is 0.493 e. The third kappa shape index (κ3) is 6.15. The highest BCUT2D eigenvalue weighted by Gasteiger charge is 2.48. The van der Waals surface area contributed by atoms with Gasteiger partial charge in [-0.2, -0.15) is 0 Å². The monoisotopic (exact) mass is 560 g/mol. The molecular formula is C29H44N4O7. The summed E-state index contributed by atoms with van der Waals surface area (Å²) >= 11 is 0. The molecule has 2 amide bonds. The average Bonchev–Trinajstić information content (AvgIpc) is 3.61. The normalized spacial score (nSPS) is 23.6. The summed E-state index contributed by atoms with van der Waals surface area (Å²) in [4.78, 5) is 44.8. The fraction of sp³-hybridized carbons (Fsp3) is 0.690. The number of amides is 2. The van der Waals surface area contributed by atoms with Crippen LogP contribution in [-0.2, 0) is 14.4 Å². The predicted octanol–water partition coefficient (Wildman–Crippen LogP) is 2.13. The van der Waals surface area contributed by atoms with Gasteiger partial charge in [0.05, 0.1) is 19.6 Å². The number of ether oxygens (including phenoxy) is 3. The Hall–Kier alpha value is -3.05. The number of fused-ring (bicyclic) bond motifs is 1. The first-order valence-electron chi connectivity index (χ1n) is 14.3. The quantitative estimate of drug-likeness (QED) is 0.372. The molecule has 3 heterocycles. The molecule has 0 radical (unpaired) electrons. The number of hydrogen-bond donors (Lipinski definition) is 2. The van der Waals surface area contributed by atoms with Gasteiger partial charge in [0.2, 0.25) is 24.4 Å². The highest BCUT2D eigenvalue weighted by molar-refractivity contribution is 5.84. The van der Waals surface area contributed by atoms with Gasteiger partial charge in [-0.05, 0) is 37.0 Å². The van der Waals surface area contributed by atoms with Gasteiger partial charge in [-0.15, -0.1) is 0 Å². The molecule has 3 N–H and O–H groups in total. The Morgan fingerprint density at radius 2 is 2.02 bits per heavy atom. The number of carboxylic acid groups (broad SMARTS) is 1. The van der Waals surface area contributed by atoms with Crippen LogP contribution in [0.25, 0.3) is 0 Å². The SMILES string of the molecule is CCCCN(CCN)C(=O)CN1CC(c2cc(OC)c3c(c2)OCO3)C(C(=O)O)C1CCN1CCC(C)(C)C1=O. The van der Waals surface area contributed by atoms with Crippen molar-refractivity contribution in [3.05, 3.63) is 17.7 Å². The van der Waals surface area contributed by atoms with E-state index < -0.39 is 29.3 Å². The number of carboxylic acids is 1. The van der Waals surface area contributed by atoms with Gasteiger partial charge in [0.25, 0.3) is 0 Å². The van der Waals surface area contributed by atoms with Crippen LogP contribution >= 0.6 is 0 Å². The maximum Gasteiger partial charge on any atom is 0.308 e. The molecule has 3 unspecified atom stereocenters. The molecule has 2 saturated heterocycles. The molecule has 3 aliphatic heterocycles. The number of nitrogens with two attached hydrogens (primary N) is 1. The van der Waals surface area contributed by atoms with E-state index in [1.807, 2.05) is 35.8 Å². The first kappa shape index (κ1) is 29.9. The lowest BCUT2D eigenvalue weighted by Crippen LogP contribution is -2.46. The van der Waals surface area contributed by atoms with E-state index in [2.05, 4.69) is 6.92 Å². The number of nitrogens with zero attached hydrogens (tertiary/aromatic N) is 3. The van der Waals surface area contributed by atoms with Crippen molar-refractivity contribution in [1.82, 2.24) is 14.7 Å². The van der Waals surface area contributed by atoms with E-state index in [-0.39, 0.29) is 25.2 Å². The Kier molecular flexibility index (Phi) is 9.45.